The zero-order valence-corrected chi connectivity index (χ0v) is 9.38. The second kappa shape index (κ2) is 5.82. The van der Waals surface area contributed by atoms with E-state index in [-0.39, 0.29) is 23.8 Å². The third kappa shape index (κ3) is 3.43. The minimum absolute atomic E-state index is 0.0377. The lowest BCUT2D eigenvalue weighted by atomic mass is 10.1. The zero-order valence-electron chi connectivity index (χ0n) is 9.38. The highest BCUT2D eigenvalue weighted by molar-refractivity contribution is 5.59. The second-order valence-electron chi connectivity index (χ2n) is 3.77. The molecule has 1 unspecified atom stereocenters. The molecule has 1 rings (SSSR count). The van der Waals surface area contributed by atoms with E-state index in [1.54, 1.807) is 12.1 Å². The van der Waals surface area contributed by atoms with Gasteiger partial charge in [0, 0.05) is 24.9 Å². The van der Waals surface area contributed by atoms with Gasteiger partial charge in [-0.05, 0) is 18.1 Å². The van der Waals surface area contributed by atoms with Gasteiger partial charge in [-0.25, -0.2) is 0 Å². The Labute approximate surface area is 98.6 Å². The molecule has 2 N–H and O–H groups in total. The third-order valence-electron chi connectivity index (χ3n) is 2.28. The lowest BCUT2D eigenvalue weighted by molar-refractivity contribution is -0.385. The summed E-state index contributed by atoms with van der Waals surface area (Å²) in [5, 5.41) is 31.2. The Hall–Kier alpha value is -2.13. The van der Waals surface area contributed by atoms with Crippen LogP contribution in [0.4, 0.5) is 11.4 Å². The van der Waals surface area contributed by atoms with E-state index in [4.69, 9.17) is 10.4 Å². The Balaban J connectivity index is 2.86. The number of hydrogen-bond donors (Lipinski definition) is 2. The van der Waals surface area contributed by atoms with Crippen LogP contribution in [0.3, 0.4) is 0 Å². The zero-order chi connectivity index (χ0) is 12.8. The van der Waals surface area contributed by atoms with E-state index in [2.05, 4.69) is 5.32 Å². The van der Waals surface area contributed by atoms with Crippen molar-refractivity contribution in [2.45, 2.75) is 6.92 Å². The molecule has 0 fully saturated rings. The van der Waals surface area contributed by atoms with Crippen LogP contribution in [0.1, 0.15) is 12.5 Å². The van der Waals surface area contributed by atoms with Crippen LogP contribution in [0, 0.1) is 27.4 Å². The van der Waals surface area contributed by atoms with Crippen molar-refractivity contribution in [3.05, 3.63) is 33.9 Å². The van der Waals surface area contributed by atoms with Crippen molar-refractivity contribution in [2.24, 2.45) is 5.92 Å². The van der Waals surface area contributed by atoms with Gasteiger partial charge in [-0.3, -0.25) is 10.1 Å². The molecule has 1 atom stereocenters. The van der Waals surface area contributed by atoms with Crippen LogP contribution in [0.2, 0.25) is 0 Å². The average Bonchev–Trinajstić information content (AvgIpc) is 2.35. The molecule has 0 heterocycles. The Bertz CT molecular complexity index is 454. The van der Waals surface area contributed by atoms with Crippen molar-refractivity contribution >= 4 is 11.4 Å². The number of aliphatic hydroxyl groups is 1. The molecule has 0 aromatic heterocycles. The van der Waals surface area contributed by atoms with E-state index >= 15 is 0 Å². The van der Waals surface area contributed by atoms with Gasteiger partial charge in [0.05, 0.1) is 4.92 Å². The second-order valence-corrected chi connectivity index (χ2v) is 3.77. The lowest BCUT2D eigenvalue weighted by Crippen LogP contribution is -2.14. The number of nitriles is 1. The summed E-state index contributed by atoms with van der Waals surface area (Å²) < 4.78 is 0. The summed E-state index contributed by atoms with van der Waals surface area (Å²) >= 11 is 0. The van der Waals surface area contributed by atoms with Crippen LogP contribution in [0.25, 0.3) is 0 Å². The number of anilines is 1. The lowest BCUT2D eigenvalue weighted by Gasteiger charge is -2.10. The van der Waals surface area contributed by atoms with Crippen LogP contribution >= 0.6 is 0 Å². The predicted molar refractivity (Wildman–Crippen MR) is 62.6 cm³/mol. The maximum atomic E-state index is 10.7. The van der Waals surface area contributed by atoms with Gasteiger partial charge >= 0.3 is 0 Å². The van der Waals surface area contributed by atoms with E-state index in [9.17, 15) is 10.1 Å². The van der Waals surface area contributed by atoms with Crippen molar-refractivity contribution in [1.82, 2.24) is 0 Å². The first-order valence-corrected chi connectivity index (χ1v) is 5.11. The van der Waals surface area contributed by atoms with E-state index in [0.29, 0.717) is 12.2 Å². The summed E-state index contributed by atoms with van der Waals surface area (Å²) in [5.74, 6) is 0.0599. The molecule has 0 amide bonds. The quantitative estimate of drug-likeness (QED) is 0.595. The Morgan fingerprint density at radius 1 is 1.65 bits per heavy atom. The maximum Gasteiger partial charge on any atom is 0.289 e. The molecule has 6 heteroatoms. The molecular weight excluding hydrogens is 222 g/mol. The first kappa shape index (κ1) is 12.9. The van der Waals surface area contributed by atoms with Crippen LogP contribution < -0.4 is 5.32 Å². The minimum atomic E-state index is -0.584. The normalized spacial score (nSPS) is 11.6. The average molecular weight is 235 g/mol. The van der Waals surface area contributed by atoms with Crippen molar-refractivity contribution in [3.8, 4) is 6.07 Å². The first-order chi connectivity index (χ1) is 8.08. The topological polar surface area (TPSA) is 99.2 Å². The standard InChI is InChI=1S/C11H13N3O3/c1-8(7-15)6-13-10-3-2-9(5-12)11(4-10)14(16)17/h2-4,8,13,15H,6-7H2,1H3. The molecule has 0 saturated heterocycles. The summed E-state index contributed by atoms with van der Waals surface area (Å²) in [4.78, 5) is 10.1. The molecule has 6 nitrogen and oxygen atoms in total. The number of nitrogens with one attached hydrogen (secondary N) is 1. The van der Waals surface area contributed by atoms with Crippen molar-refractivity contribution in [1.29, 1.82) is 5.26 Å². The van der Waals surface area contributed by atoms with Gasteiger partial charge in [0.2, 0.25) is 0 Å². The fraction of sp³-hybridized carbons (Fsp3) is 0.364. The van der Waals surface area contributed by atoms with Crippen LogP contribution in [0.15, 0.2) is 18.2 Å². The van der Waals surface area contributed by atoms with E-state index in [1.165, 1.54) is 12.1 Å². The molecule has 1 aromatic carbocycles. The number of nitro groups is 1. The monoisotopic (exact) mass is 235 g/mol. The van der Waals surface area contributed by atoms with Crippen molar-refractivity contribution < 1.29 is 10.0 Å². The molecule has 0 saturated carbocycles. The van der Waals surface area contributed by atoms with E-state index < -0.39 is 4.92 Å². The number of nitrogens with zero attached hydrogens (tertiary/aromatic N) is 2. The summed E-state index contributed by atoms with van der Waals surface area (Å²) in [6.07, 6.45) is 0. The Morgan fingerprint density at radius 2 is 2.35 bits per heavy atom. The smallest absolute Gasteiger partial charge is 0.289 e. The molecule has 90 valence electrons. The van der Waals surface area contributed by atoms with Crippen molar-refractivity contribution in [2.75, 3.05) is 18.5 Å². The van der Waals surface area contributed by atoms with Crippen LogP contribution in [-0.2, 0) is 0 Å². The molecule has 0 aliphatic carbocycles. The van der Waals surface area contributed by atoms with Gasteiger partial charge in [0.25, 0.3) is 5.69 Å². The molecule has 0 spiro atoms. The number of aliphatic hydroxyl groups excluding tert-OH is 1. The molecule has 1 aromatic rings. The van der Waals surface area contributed by atoms with E-state index in [0.717, 1.165) is 0 Å². The number of benzene rings is 1. The summed E-state index contributed by atoms with van der Waals surface area (Å²) in [7, 11) is 0. The Kier molecular flexibility index (Phi) is 4.43. The molecule has 0 radical (unpaired) electrons. The summed E-state index contributed by atoms with van der Waals surface area (Å²) in [5.41, 5.74) is 0.390. The number of rotatable bonds is 5. The van der Waals surface area contributed by atoms with Crippen LogP contribution in [-0.4, -0.2) is 23.2 Å². The Morgan fingerprint density at radius 3 is 2.88 bits per heavy atom. The number of nitro benzene ring substituents is 1. The van der Waals surface area contributed by atoms with E-state index in [1.807, 2.05) is 6.92 Å². The summed E-state index contributed by atoms with van der Waals surface area (Å²) in [6, 6.07) is 6.11. The minimum Gasteiger partial charge on any atom is -0.396 e. The molecular formula is C11H13N3O3. The summed E-state index contributed by atoms with van der Waals surface area (Å²) in [6.45, 7) is 2.41. The molecule has 0 bridgehead atoms. The largest absolute Gasteiger partial charge is 0.396 e. The highest BCUT2D eigenvalue weighted by Crippen LogP contribution is 2.22. The van der Waals surface area contributed by atoms with Gasteiger partial charge in [-0.15, -0.1) is 0 Å². The van der Waals surface area contributed by atoms with Crippen LogP contribution in [0.5, 0.6) is 0 Å². The molecule has 17 heavy (non-hydrogen) atoms. The fourth-order valence-electron chi connectivity index (χ4n) is 1.24. The maximum absolute atomic E-state index is 10.7. The van der Waals surface area contributed by atoms with Gasteiger partial charge in [0.15, 0.2) is 0 Å². The fourth-order valence-corrected chi connectivity index (χ4v) is 1.24. The SMILES string of the molecule is CC(CO)CNc1ccc(C#N)c([N+](=O)[O-])c1. The van der Waals surface area contributed by atoms with Crippen molar-refractivity contribution in [3.63, 3.8) is 0 Å². The highest BCUT2D eigenvalue weighted by atomic mass is 16.6. The van der Waals surface area contributed by atoms with Gasteiger partial charge < -0.3 is 10.4 Å². The van der Waals surface area contributed by atoms with Gasteiger partial charge in [-0.1, -0.05) is 6.92 Å². The first-order valence-electron chi connectivity index (χ1n) is 5.11. The predicted octanol–water partition coefficient (Wildman–Crippen LogP) is 1.51. The number of hydrogen-bond acceptors (Lipinski definition) is 5. The highest BCUT2D eigenvalue weighted by Gasteiger charge is 2.14. The van der Waals surface area contributed by atoms with Gasteiger partial charge in [-0.2, -0.15) is 5.26 Å². The molecule has 0 aliphatic heterocycles. The molecule has 0 aliphatic rings. The third-order valence-corrected chi connectivity index (χ3v) is 2.28. The van der Waals surface area contributed by atoms with Gasteiger partial charge in [0.1, 0.15) is 11.6 Å².